The Kier molecular flexibility index (Phi) is 5.36. The first kappa shape index (κ1) is 16.4. The topological polar surface area (TPSA) is 21.3 Å². The molecule has 0 aromatic heterocycles. The lowest BCUT2D eigenvalue weighted by atomic mass is 10.1. The van der Waals surface area contributed by atoms with Gasteiger partial charge in [0, 0.05) is 11.7 Å². The van der Waals surface area contributed by atoms with E-state index in [2.05, 4.69) is 21.2 Å². The predicted molar refractivity (Wildman–Crippen MR) is 89.2 cm³/mol. The van der Waals surface area contributed by atoms with Crippen LogP contribution in [0.3, 0.4) is 0 Å². The molecule has 21 heavy (non-hydrogen) atoms. The van der Waals surface area contributed by atoms with Gasteiger partial charge in [-0.15, -0.1) is 0 Å². The van der Waals surface area contributed by atoms with E-state index in [4.69, 9.17) is 27.9 Å². The molecule has 0 aliphatic carbocycles. The molecule has 0 spiro atoms. The Morgan fingerprint density at radius 3 is 2.33 bits per heavy atom. The molecule has 2 nitrogen and oxygen atoms in total. The zero-order valence-electron chi connectivity index (χ0n) is 11.4. The van der Waals surface area contributed by atoms with Gasteiger partial charge in [0.2, 0.25) is 0 Å². The molecule has 0 radical (unpaired) electrons. The summed E-state index contributed by atoms with van der Waals surface area (Å²) in [6.07, 6.45) is 0. The van der Waals surface area contributed by atoms with Gasteiger partial charge in [0.05, 0.1) is 21.6 Å². The Morgan fingerprint density at radius 1 is 1.19 bits per heavy atom. The summed E-state index contributed by atoms with van der Waals surface area (Å²) in [6.45, 7) is 1.99. The van der Waals surface area contributed by atoms with Crippen molar-refractivity contribution in [2.45, 2.75) is 13.0 Å². The number of anilines is 1. The van der Waals surface area contributed by atoms with Crippen molar-refractivity contribution in [1.29, 1.82) is 0 Å². The quantitative estimate of drug-likeness (QED) is 0.637. The number of hydrogen-bond donors (Lipinski definition) is 1. The second-order valence-corrected chi connectivity index (χ2v) is 6.18. The fraction of sp³-hybridized carbons (Fsp3) is 0.200. The van der Waals surface area contributed by atoms with E-state index < -0.39 is 5.82 Å². The molecule has 2 rings (SSSR count). The number of nitrogens with one attached hydrogen (secondary N) is 1. The summed E-state index contributed by atoms with van der Waals surface area (Å²) in [5.41, 5.74) is 1.70. The molecule has 2 aromatic carbocycles. The van der Waals surface area contributed by atoms with Crippen LogP contribution < -0.4 is 10.1 Å². The highest BCUT2D eigenvalue weighted by atomic mass is 79.9. The zero-order chi connectivity index (χ0) is 15.6. The van der Waals surface area contributed by atoms with E-state index in [-0.39, 0.29) is 16.1 Å². The van der Waals surface area contributed by atoms with Crippen LogP contribution in [0.1, 0.15) is 18.5 Å². The lowest BCUT2D eigenvalue weighted by Crippen LogP contribution is -2.07. The van der Waals surface area contributed by atoms with Crippen LogP contribution in [0.15, 0.2) is 34.8 Å². The summed E-state index contributed by atoms with van der Waals surface area (Å²) in [6, 6.07) is 8.81. The van der Waals surface area contributed by atoms with Crippen molar-refractivity contribution in [3.63, 3.8) is 0 Å². The third kappa shape index (κ3) is 3.82. The maximum atomic E-state index is 13.4. The number of methoxy groups -OCH3 is 1. The SMILES string of the molecule is COc1ccc(C(C)Nc2cc(Cl)c(F)c(Cl)c2)cc1Br. The molecule has 0 saturated heterocycles. The van der Waals surface area contributed by atoms with E-state index in [0.717, 1.165) is 15.8 Å². The molecule has 112 valence electrons. The van der Waals surface area contributed by atoms with Gasteiger partial charge < -0.3 is 10.1 Å². The summed E-state index contributed by atoms with van der Waals surface area (Å²) < 4.78 is 19.5. The van der Waals surface area contributed by atoms with Gasteiger partial charge in [-0.2, -0.15) is 0 Å². The van der Waals surface area contributed by atoms with Gasteiger partial charge in [-0.05, 0) is 52.7 Å². The lowest BCUT2D eigenvalue weighted by molar-refractivity contribution is 0.412. The number of ether oxygens (including phenoxy) is 1. The van der Waals surface area contributed by atoms with Gasteiger partial charge in [-0.1, -0.05) is 29.3 Å². The molecule has 0 aliphatic heterocycles. The Labute approximate surface area is 141 Å². The first-order chi connectivity index (χ1) is 9.92. The molecule has 0 fully saturated rings. The van der Waals surface area contributed by atoms with Crippen molar-refractivity contribution in [3.8, 4) is 5.75 Å². The predicted octanol–water partition coefficient (Wildman–Crippen LogP) is 6.08. The van der Waals surface area contributed by atoms with Crippen molar-refractivity contribution in [1.82, 2.24) is 0 Å². The molecule has 1 unspecified atom stereocenters. The van der Waals surface area contributed by atoms with Crippen molar-refractivity contribution < 1.29 is 9.13 Å². The fourth-order valence-corrected chi connectivity index (χ4v) is 2.97. The van der Waals surface area contributed by atoms with Crippen LogP contribution in [0.2, 0.25) is 10.0 Å². The fourth-order valence-electron chi connectivity index (χ4n) is 1.92. The smallest absolute Gasteiger partial charge is 0.160 e. The molecule has 0 amide bonds. The van der Waals surface area contributed by atoms with E-state index in [1.165, 1.54) is 12.1 Å². The molecule has 1 atom stereocenters. The molecule has 0 heterocycles. The van der Waals surface area contributed by atoms with Crippen LogP contribution in [0.5, 0.6) is 5.75 Å². The molecule has 0 saturated carbocycles. The van der Waals surface area contributed by atoms with Crippen LogP contribution in [-0.4, -0.2) is 7.11 Å². The van der Waals surface area contributed by atoms with Crippen molar-refractivity contribution in [2.24, 2.45) is 0 Å². The molecule has 0 aliphatic rings. The highest BCUT2D eigenvalue weighted by molar-refractivity contribution is 9.10. The van der Waals surface area contributed by atoms with Gasteiger partial charge in [0.25, 0.3) is 0 Å². The third-order valence-corrected chi connectivity index (χ3v) is 4.21. The minimum absolute atomic E-state index is 0.00638. The van der Waals surface area contributed by atoms with Crippen molar-refractivity contribution >= 4 is 44.8 Å². The Morgan fingerprint density at radius 2 is 1.81 bits per heavy atom. The first-order valence-electron chi connectivity index (χ1n) is 6.17. The second kappa shape index (κ2) is 6.86. The molecule has 1 N–H and O–H groups in total. The minimum atomic E-state index is -0.608. The van der Waals surface area contributed by atoms with Gasteiger partial charge in [-0.25, -0.2) is 4.39 Å². The summed E-state index contributed by atoms with van der Waals surface area (Å²) >= 11 is 15.0. The number of halogens is 4. The number of hydrogen-bond acceptors (Lipinski definition) is 2. The van der Waals surface area contributed by atoms with Gasteiger partial charge in [0.15, 0.2) is 5.82 Å². The normalized spacial score (nSPS) is 12.1. The summed E-state index contributed by atoms with van der Waals surface area (Å²) in [5.74, 6) is 0.155. The highest BCUT2D eigenvalue weighted by Crippen LogP contribution is 2.32. The standard InChI is InChI=1S/C15H13BrCl2FNO/c1-8(9-3-4-14(21-2)11(16)5-9)20-10-6-12(17)15(19)13(18)7-10/h3-8,20H,1-2H3. The Bertz CT molecular complexity index is 643. The summed E-state index contributed by atoms with van der Waals surface area (Å²) in [5, 5.41) is 3.22. The molecular weight excluding hydrogens is 380 g/mol. The number of rotatable bonds is 4. The lowest BCUT2D eigenvalue weighted by Gasteiger charge is -2.17. The molecule has 2 aromatic rings. The maximum absolute atomic E-state index is 13.4. The molecule has 0 bridgehead atoms. The van der Waals surface area contributed by atoms with Gasteiger partial charge in [0.1, 0.15) is 5.75 Å². The van der Waals surface area contributed by atoms with Crippen LogP contribution in [0.25, 0.3) is 0 Å². The first-order valence-corrected chi connectivity index (χ1v) is 7.71. The molecule has 6 heteroatoms. The van der Waals surface area contributed by atoms with Gasteiger partial charge >= 0.3 is 0 Å². The Balaban J connectivity index is 2.21. The van der Waals surface area contributed by atoms with E-state index >= 15 is 0 Å². The number of benzene rings is 2. The van der Waals surface area contributed by atoms with E-state index in [9.17, 15) is 4.39 Å². The van der Waals surface area contributed by atoms with Crippen LogP contribution in [0.4, 0.5) is 10.1 Å². The van der Waals surface area contributed by atoms with Crippen molar-refractivity contribution in [3.05, 3.63) is 56.2 Å². The average molecular weight is 393 g/mol. The zero-order valence-corrected chi connectivity index (χ0v) is 14.5. The summed E-state index contributed by atoms with van der Waals surface area (Å²) in [4.78, 5) is 0. The third-order valence-electron chi connectivity index (χ3n) is 3.04. The van der Waals surface area contributed by atoms with E-state index in [1.54, 1.807) is 7.11 Å². The second-order valence-electron chi connectivity index (χ2n) is 4.51. The highest BCUT2D eigenvalue weighted by Gasteiger charge is 2.12. The Hall–Kier alpha value is -0.970. The minimum Gasteiger partial charge on any atom is -0.496 e. The maximum Gasteiger partial charge on any atom is 0.160 e. The van der Waals surface area contributed by atoms with Gasteiger partial charge in [-0.3, -0.25) is 0 Å². The van der Waals surface area contributed by atoms with E-state index in [0.29, 0.717) is 5.69 Å². The average Bonchev–Trinajstić information content (AvgIpc) is 2.44. The summed E-state index contributed by atoms with van der Waals surface area (Å²) in [7, 11) is 1.62. The molecular formula is C15H13BrCl2FNO. The van der Waals surface area contributed by atoms with E-state index in [1.807, 2.05) is 25.1 Å². The van der Waals surface area contributed by atoms with Crippen LogP contribution in [-0.2, 0) is 0 Å². The van der Waals surface area contributed by atoms with Crippen molar-refractivity contribution in [2.75, 3.05) is 12.4 Å². The van der Waals surface area contributed by atoms with Crippen LogP contribution >= 0.6 is 39.1 Å². The largest absolute Gasteiger partial charge is 0.496 e. The monoisotopic (exact) mass is 391 g/mol. The van der Waals surface area contributed by atoms with Crippen LogP contribution in [0, 0.1) is 5.82 Å².